The fourth-order valence-electron chi connectivity index (χ4n) is 4.45. The molecule has 1 fully saturated rings. The van der Waals surface area contributed by atoms with Gasteiger partial charge >= 0.3 is 0 Å². The zero-order valence-corrected chi connectivity index (χ0v) is 17.7. The third-order valence-electron chi connectivity index (χ3n) is 6.17. The van der Waals surface area contributed by atoms with Gasteiger partial charge in [-0.05, 0) is 50.3 Å². The highest BCUT2D eigenvalue weighted by molar-refractivity contribution is 5.83. The first-order valence-corrected chi connectivity index (χ1v) is 10.7. The van der Waals surface area contributed by atoms with E-state index >= 15 is 0 Å². The molecule has 0 saturated carbocycles. The van der Waals surface area contributed by atoms with Crippen molar-refractivity contribution in [3.8, 4) is 17.1 Å². The van der Waals surface area contributed by atoms with Gasteiger partial charge in [0.1, 0.15) is 5.82 Å². The molecule has 4 heteroatoms. The molecule has 0 bridgehead atoms. The molecule has 30 heavy (non-hydrogen) atoms. The van der Waals surface area contributed by atoms with Crippen molar-refractivity contribution in [2.75, 3.05) is 27.2 Å². The summed E-state index contributed by atoms with van der Waals surface area (Å²) in [5, 5.41) is 0. The number of nitrogens with zero attached hydrogens (tertiary/aromatic N) is 4. The number of benzene rings is 3. The van der Waals surface area contributed by atoms with Crippen LogP contribution in [0.4, 0.5) is 0 Å². The molecule has 0 spiro atoms. The second-order valence-corrected chi connectivity index (χ2v) is 8.43. The quantitative estimate of drug-likeness (QED) is 0.483. The molecule has 0 aliphatic carbocycles. The Hall–Kier alpha value is -2.95. The Balaban J connectivity index is 1.46. The topological polar surface area (TPSA) is 24.3 Å². The van der Waals surface area contributed by atoms with Gasteiger partial charge in [0, 0.05) is 36.9 Å². The second-order valence-electron chi connectivity index (χ2n) is 8.43. The number of aromatic nitrogens is 2. The Morgan fingerprint density at radius 3 is 2.37 bits per heavy atom. The third kappa shape index (κ3) is 3.64. The lowest BCUT2D eigenvalue weighted by atomic mass is 10.1. The van der Waals surface area contributed by atoms with E-state index in [2.05, 4.69) is 101 Å². The minimum Gasteiger partial charge on any atom is -0.305 e. The van der Waals surface area contributed by atoms with Gasteiger partial charge in [-0.3, -0.25) is 9.47 Å². The number of rotatable bonds is 5. The first-order chi connectivity index (χ1) is 14.7. The lowest BCUT2D eigenvalue weighted by Crippen LogP contribution is -2.31. The van der Waals surface area contributed by atoms with Gasteiger partial charge in [-0.25, -0.2) is 4.98 Å². The number of para-hydroxylation sites is 2. The molecule has 4 aromatic rings. The summed E-state index contributed by atoms with van der Waals surface area (Å²) in [4.78, 5) is 9.84. The molecule has 1 saturated heterocycles. The SMILES string of the molecule is CN(C)C1CCN(Cc2ccc(-n3c(-c4ccccc4)nc4ccccc43)cc2)C1. The van der Waals surface area contributed by atoms with Crippen LogP contribution in [0.3, 0.4) is 0 Å². The maximum atomic E-state index is 4.94. The van der Waals surface area contributed by atoms with Crippen molar-refractivity contribution in [3.05, 3.63) is 84.4 Å². The van der Waals surface area contributed by atoms with Gasteiger partial charge in [0.15, 0.2) is 0 Å². The van der Waals surface area contributed by atoms with Crippen molar-refractivity contribution in [3.63, 3.8) is 0 Å². The number of imidazole rings is 1. The monoisotopic (exact) mass is 396 g/mol. The first-order valence-electron chi connectivity index (χ1n) is 10.7. The average molecular weight is 397 g/mol. The van der Waals surface area contributed by atoms with Crippen LogP contribution in [0, 0.1) is 0 Å². The van der Waals surface area contributed by atoms with E-state index in [0.717, 1.165) is 41.2 Å². The fraction of sp³-hybridized carbons (Fsp3) is 0.269. The average Bonchev–Trinajstić information content (AvgIpc) is 3.40. The Labute approximate surface area is 178 Å². The lowest BCUT2D eigenvalue weighted by molar-refractivity contribution is 0.264. The van der Waals surface area contributed by atoms with Crippen molar-refractivity contribution in [2.24, 2.45) is 0 Å². The summed E-state index contributed by atoms with van der Waals surface area (Å²) in [6.07, 6.45) is 1.26. The number of likely N-dealkylation sites (N-methyl/N-ethyl adjacent to an activating group) is 1. The van der Waals surface area contributed by atoms with Crippen molar-refractivity contribution in [1.29, 1.82) is 0 Å². The number of hydrogen-bond acceptors (Lipinski definition) is 3. The van der Waals surface area contributed by atoms with Gasteiger partial charge in [0.25, 0.3) is 0 Å². The molecule has 1 unspecified atom stereocenters. The minimum atomic E-state index is 0.676. The van der Waals surface area contributed by atoms with Gasteiger partial charge in [-0.1, -0.05) is 54.6 Å². The van der Waals surface area contributed by atoms with Crippen LogP contribution in [-0.4, -0.2) is 52.6 Å². The van der Waals surface area contributed by atoms with Crippen molar-refractivity contribution in [2.45, 2.75) is 19.0 Å². The van der Waals surface area contributed by atoms with Crippen LogP contribution in [-0.2, 0) is 6.54 Å². The van der Waals surface area contributed by atoms with Crippen LogP contribution in [0.15, 0.2) is 78.9 Å². The summed E-state index contributed by atoms with van der Waals surface area (Å²) in [6, 6.07) is 28.5. The summed E-state index contributed by atoms with van der Waals surface area (Å²) in [5.41, 5.74) is 5.80. The van der Waals surface area contributed by atoms with Crippen LogP contribution < -0.4 is 0 Å². The Morgan fingerprint density at radius 2 is 1.63 bits per heavy atom. The predicted molar refractivity (Wildman–Crippen MR) is 124 cm³/mol. The smallest absolute Gasteiger partial charge is 0.145 e. The lowest BCUT2D eigenvalue weighted by Gasteiger charge is -2.20. The molecule has 0 amide bonds. The molecule has 1 aliphatic rings. The van der Waals surface area contributed by atoms with Gasteiger partial charge in [-0.2, -0.15) is 0 Å². The van der Waals surface area contributed by atoms with E-state index in [-0.39, 0.29) is 0 Å². The van der Waals surface area contributed by atoms with E-state index in [9.17, 15) is 0 Å². The highest BCUT2D eigenvalue weighted by Gasteiger charge is 2.23. The summed E-state index contributed by atoms with van der Waals surface area (Å²) in [6.45, 7) is 3.34. The van der Waals surface area contributed by atoms with Crippen LogP contribution in [0.1, 0.15) is 12.0 Å². The molecule has 3 aromatic carbocycles. The first kappa shape index (κ1) is 19.0. The van der Waals surface area contributed by atoms with Gasteiger partial charge < -0.3 is 4.90 Å². The second kappa shape index (κ2) is 8.05. The van der Waals surface area contributed by atoms with E-state index in [0.29, 0.717) is 6.04 Å². The molecule has 1 aliphatic heterocycles. The van der Waals surface area contributed by atoms with Crippen LogP contribution >= 0.6 is 0 Å². The van der Waals surface area contributed by atoms with Crippen molar-refractivity contribution in [1.82, 2.24) is 19.4 Å². The van der Waals surface area contributed by atoms with E-state index < -0.39 is 0 Å². The normalized spacial score (nSPS) is 17.2. The number of likely N-dealkylation sites (tertiary alicyclic amines) is 1. The molecule has 0 N–H and O–H groups in total. The molecule has 5 rings (SSSR count). The maximum Gasteiger partial charge on any atom is 0.145 e. The summed E-state index contributed by atoms with van der Waals surface area (Å²) in [5.74, 6) is 0.984. The molecule has 152 valence electrons. The third-order valence-corrected chi connectivity index (χ3v) is 6.17. The molecule has 2 heterocycles. The summed E-state index contributed by atoms with van der Waals surface area (Å²) in [7, 11) is 4.37. The fourth-order valence-corrected chi connectivity index (χ4v) is 4.45. The van der Waals surface area contributed by atoms with E-state index in [1.165, 1.54) is 18.5 Å². The van der Waals surface area contributed by atoms with E-state index in [4.69, 9.17) is 4.98 Å². The van der Waals surface area contributed by atoms with E-state index in [1.807, 2.05) is 6.07 Å². The number of hydrogen-bond donors (Lipinski definition) is 0. The molecule has 0 radical (unpaired) electrons. The zero-order valence-electron chi connectivity index (χ0n) is 17.7. The predicted octanol–water partition coefficient (Wildman–Crippen LogP) is 4.83. The Bertz CT molecular complexity index is 1130. The summed E-state index contributed by atoms with van der Waals surface area (Å²) >= 11 is 0. The van der Waals surface area contributed by atoms with Gasteiger partial charge in [0.2, 0.25) is 0 Å². The highest BCUT2D eigenvalue weighted by atomic mass is 15.2. The standard InChI is InChI=1S/C26H28N4/c1-28(2)23-16-17-29(19-23)18-20-12-14-22(15-13-20)30-25-11-7-6-10-24(25)27-26(30)21-8-4-3-5-9-21/h3-15,23H,16-19H2,1-2H3. The minimum absolute atomic E-state index is 0.676. The van der Waals surface area contributed by atoms with Crippen molar-refractivity contribution >= 4 is 11.0 Å². The number of fused-ring (bicyclic) bond motifs is 1. The molecular weight excluding hydrogens is 368 g/mol. The van der Waals surface area contributed by atoms with Crippen LogP contribution in [0.25, 0.3) is 28.1 Å². The summed E-state index contributed by atoms with van der Waals surface area (Å²) < 4.78 is 2.27. The largest absolute Gasteiger partial charge is 0.305 e. The Morgan fingerprint density at radius 1 is 0.900 bits per heavy atom. The molecule has 4 nitrogen and oxygen atoms in total. The van der Waals surface area contributed by atoms with Crippen molar-refractivity contribution < 1.29 is 0 Å². The van der Waals surface area contributed by atoms with E-state index in [1.54, 1.807) is 0 Å². The van der Waals surface area contributed by atoms with Gasteiger partial charge in [-0.15, -0.1) is 0 Å². The highest BCUT2D eigenvalue weighted by Crippen LogP contribution is 2.29. The molecular formula is C26H28N4. The van der Waals surface area contributed by atoms with Crippen LogP contribution in [0.5, 0.6) is 0 Å². The van der Waals surface area contributed by atoms with Gasteiger partial charge in [0.05, 0.1) is 11.0 Å². The molecule has 1 atom stereocenters. The maximum absolute atomic E-state index is 4.94. The molecule has 1 aromatic heterocycles. The van der Waals surface area contributed by atoms with Crippen LogP contribution in [0.2, 0.25) is 0 Å². The zero-order chi connectivity index (χ0) is 20.5. The Kier molecular flexibility index (Phi) is 5.11.